The number of hydrogen-bond acceptors (Lipinski definition) is 5. The molecule has 0 spiro atoms. The lowest BCUT2D eigenvalue weighted by atomic mass is 9.79. The van der Waals surface area contributed by atoms with E-state index >= 15 is 0 Å². The summed E-state index contributed by atoms with van der Waals surface area (Å²) in [6, 6.07) is 0. The number of aromatic nitrogens is 2. The van der Waals surface area contributed by atoms with Crippen molar-refractivity contribution in [3.05, 3.63) is 11.7 Å². The topological polar surface area (TPSA) is 105 Å². The second-order valence-electron chi connectivity index (χ2n) is 5.79. The summed E-state index contributed by atoms with van der Waals surface area (Å²) in [5.41, 5.74) is -0.364. The Morgan fingerprint density at radius 3 is 2.62 bits per heavy atom. The summed E-state index contributed by atoms with van der Waals surface area (Å²) in [5.74, 6) is 0.136. The van der Waals surface area contributed by atoms with Crippen molar-refractivity contribution in [2.45, 2.75) is 51.9 Å². The molecule has 1 fully saturated rings. The Morgan fingerprint density at radius 1 is 1.33 bits per heavy atom. The van der Waals surface area contributed by atoms with Crippen LogP contribution in [0.2, 0.25) is 0 Å². The van der Waals surface area contributed by atoms with Crippen LogP contribution < -0.4 is 5.32 Å². The molecule has 1 amide bonds. The first kappa shape index (κ1) is 15.5. The maximum absolute atomic E-state index is 12.0. The number of carboxylic acid groups (broad SMARTS) is 1. The van der Waals surface area contributed by atoms with Gasteiger partial charge in [0.1, 0.15) is 0 Å². The largest absolute Gasteiger partial charge is 0.481 e. The number of amides is 1. The van der Waals surface area contributed by atoms with Gasteiger partial charge in [0.2, 0.25) is 11.8 Å². The lowest BCUT2D eigenvalue weighted by Crippen LogP contribution is -2.33. The van der Waals surface area contributed by atoms with Crippen molar-refractivity contribution in [3.8, 4) is 0 Å². The van der Waals surface area contributed by atoms with Crippen molar-refractivity contribution in [2.24, 2.45) is 5.41 Å². The number of carbonyl (C=O) groups excluding carboxylic acids is 1. The van der Waals surface area contributed by atoms with Crippen LogP contribution in [-0.2, 0) is 16.0 Å². The summed E-state index contributed by atoms with van der Waals surface area (Å²) in [6.07, 6.45) is 4.47. The number of carboxylic acids is 1. The quantitative estimate of drug-likeness (QED) is 0.789. The number of carbonyl (C=O) groups is 2. The Labute approximate surface area is 123 Å². The van der Waals surface area contributed by atoms with Gasteiger partial charge in [-0.3, -0.25) is 9.59 Å². The molecule has 0 aromatic carbocycles. The van der Waals surface area contributed by atoms with E-state index < -0.39 is 5.97 Å². The van der Waals surface area contributed by atoms with Crippen molar-refractivity contribution in [1.82, 2.24) is 15.5 Å². The molecule has 0 unspecified atom stereocenters. The van der Waals surface area contributed by atoms with Crippen molar-refractivity contribution < 1.29 is 19.2 Å². The van der Waals surface area contributed by atoms with E-state index in [0.29, 0.717) is 24.7 Å². The van der Waals surface area contributed by atoms with Crippen LogP contribution in [0.15, 0.2) is 4.52 Å². The molecule has 21 heavy (non-hydrogen) atoms. The molecule has 2 N–H and O–H groups in total. The molecular formula is C14H21N3O4. The van der Waals surface area contributed by atoms with Gasteiger partial charge in [0, 0.05) is 19.4 Å². The first-order valence-corrected chi connectivity index (χ1v) is 7.27. The Hall–Kier alpha value is -1.92. The minimum Gasteiger partial charge on any atom is -0.481 e. The molecular weight excluding hydrogens is 274 g/mol. The number of hydrogen-bond donors (Lipinski definition) is 2. The van der Waals surface area contributed by atoms with Gasteiger partial charge in [0.15, 0.2) is 5.82 Å². The smallest absolute Gasteiger partial charge is 0.303 e. The van der Waals surface area contributed by atoms with Crippen LogP contribution in [-0.4, -0.2) is 33.7 Å². The summed E-state index contributed by atoms with van der Waals surface area (Å²) in [6.45, 7) is 2.16. The average Bonchev–Trinajstić information content (AvgIpc) is 2.98. The van der Waals surface area contributed by atoms with Crippen molar-refractivity contribution >= 4 is 11.9 Å². The predicted molar refractivity (Wildman–Crippen MR) is 73.5 cm³/mol. The summed E-state index contributed by atoms with van der Waals surface area (Å²) in [5, 5.41) is 15.5. The minimum absolute atomic E-state index is 0.0727. The molecule has 116 valence electrons. The molecule has 0 radical (unpaired) electrons. The molecule has 2 rings (SSSR count). The third kappa shape index (κ3) is 4.54. The molecule has 1 aromatic heterocycles. The molecule has 1 heterocycles. The summed E-state index contributed by atoms with van der Waals surface area (Å²) >= 11 is 0. The maximum Gasteiger partial charge on any atom is 0.303 e. The maximum atomic E-state index is 12.0. The Bertz CT molecular complexity index is 506. The van der Waals surface area contributed by atoms with Crippen molar-refractivity contribution in [2.75, 3.05) is 6.54 Å². The van der Waals surface area contributed by atoms with Crippen molar-refractivity contribution in [1.29, 1.82) is 0 Å². The molecule has 1 aromatic rings. The van der Waals surface area contributed by atoms with Crippen LogP contribution in [0.3, 0.4) is 0 Å². The van der Waals surface area contributed by atoms with Gasteiger partial charge in [0.25, 0.3) is 0 Å². The number of nitrogens with one attached hydrogen (secondary N) is 1. The fraction of sp³-hybridized carbons (Fsp3) is 0.714. The highest BCUT2D eigenvalue weighted by atomic mass is 16.5. The lowest BCUT2D eigenvalue weighted by Gasteiger charge is -2.26. The molecule has 1 aliphatic rings. The van der Waals surface area contributed by atoms with Crippen molar-refractivity contribution in [3.63, 3.8) is 0 Å². The third-order valence-corrected chi connectivity index (χ3v) is 3.96. The number of aliphatic carboxylic acids is 1. The van der Waals surface area contributed by atoms with Gasteiger partial charge >= 0.3 is 5.97 Å². The van der Waals surface area contributed by atoms with E-state index in [0.717, 1.165) is 25.7 Å². The van der Waals surface area contributed by atoms with E-state index in [1.165, 1.54) is 0 Å². The van der Waals surface area contributed by atoms with Crippen LogP contribution in [0, 0.1) is 12.3 Å². The van der Waals surface area contributed by atoms with Crippen LogP contribution in [0.5, 0.6) is 0 Å². The summed E-state index contributed by atoms with van der Waals surface area (Å²) in [4.78, 5) is 27.1. The molecule has 1 saturated carbocycles. The van der Waals surface area contributed by atoms with Gasteiger partial charge in [-0.2, -0.15) is 4.98 Å². The predicted octanol–water partition coefficient (Wildman–Crippen LogP) is 1.46. The van der Waals surface area contributed by atoms with Gasteiger partial charge < -0.3 is 14.9 Å². The minimum atomic E-state index is -0.828. The first-order chi connectivity index (χ1) is 9.99. The summed E-state index contributed by atoms with van der Waals surface area (Å²) in [7, 11) is 0. The van der Waals surface area contributed by atoms with Gasteiger partial charge in [0.05, 0.1) is 6.42 Å². The second-order valence-corrected chi connectivity index (χ2v) is 5.79. The van der Waals surface area contributed by atoms with E-state index in [9.17, 15) is 9.59 Å². The van der Waals surface area contributed by atoms with E-state index in [2.05, 4.69) is 15.5 Å². The number of nitrogens with zero attached hydrogens (tertiary/aromatic N) is 2. The van der Waals surface area contributed by atoms with E-state index in [1.807, 2.05) is 0 Å². The van der Waals surface area contributed by atoms with E-state index in [1.54, 1.807) is 6.92 Å². The van der Waals surface area contributed by atoms with Gasteiger partial charge in [-0.1, -0.05) is 18.0 Å². The highest BCUT2D eigenvalue weighted by Gasteiger charge is 2.37. The Morgan fingerprint density at radius 2 is 2.05 bits per heavy atom. The normalized spacial score (nSPS) is 16.8. The fourth-order valence-corrected chi connectivity index (χ4v) is 3.02. The number of rotatable bonds is 7. The fourth-order valence-electron chi connectivity index (χ4n) is 3.02. The third-order valence-electron chi connectivity index (χ3n) is 3.96. The SMILES string of the molecule is Cc1noc(CCNC(=O)CC2(CC(=O)O)CCCC2)n1. The van der Waals surface area contributed by atoms with Gasteiger partial charge in [-0.05, 0) is 25.2 Å². The van der Waals surface area contributed by atoms with E-state index in [-0.39, 0.29) is 24.2 Å². The van der Waals surface area contributed by atoms with Crippen LogP contribution in [0.25, 0.3) is 0 Å². The zero-order valence-corrected chi connectivity index (χ0v) is 12.2. The molecule has 1 aliphatic carbocycles. The molecule has 0 atom stereocenters. The highest BCUT2D eigenvalue weighted by Crippen LogP contribution is 2.43. The average molecular weight is 295 g/mol. The summed E-state index contributed by atoms with van der Waals surface area (Å²) < 4.78 is 4.96. The van der Waals surface area contributed by atoms with Gasteiger partial charge in [-0.25, -0.2) is 0 Å². The van der Waals surface area contributed by atoms with Crippen LogP contribution >= 0.6 is 0 Å². The zero-order valence-electron chi connectivity index (χ0n) is 12.2. The van der Waals surface area contributed by atoms with Crippen LogP contribution in [0.1, 0.15) is 50.2 Å². The second kappa shape index (κ2) is 6.69. The lowest BCUT2D eigenvalue weighted by molar-refractivity contribution is -0.140. The molecule has 7 heteroatoms. The van der Waals surface area contributed by atoms with Crippen LogP contribution in [0.4, 0.5) is 0 Å². The monoisotopic (exact) mass is 295 g/mol. The Kier molecular flexibility index (Phi) is 4.93. The molecule has 0 aliphatic heterocycles. The Balaban J connectivity index is 1.78. The van der Waals surface area contributed by atoms with Gasteiger partial charge in [-0.15, -0.1) is 0 Å². The first-order valence-electron chi connectivity index (χ1n) is 7.27. The zero-order chi connectivity index (χ0) is 15.3. The highest BCUT2D eigenvalue weighted by molar-refractivity contribution is 5.78. The standard InChI is InChI=1S/C14H21N3O4/c1-10-16-12(21-17-10)4-7-15-11(18)8-14(9-13(19)20)5-2-3-6-14/h2-9H2,1H3,(H,15,18)(H,19,20). The van der Waals surface area contributed by atoms with E-state index in [4.69, 9.17) is 9.63 Å². The molecule has 7 nitrogen and oxygen atoms in total. The number of aryl methyl sites for hydroxylation is 1. The molecule has 0 saturated heterocycles. The molecule has 0 bridgehead atoms.